The van der Waals surface area contributed by atoms with E-state index in [9.17, 15) is 8.42 Å². The lowest BCUT2D eigenvalue weighted by Gasteiger charge is -2.20. The van der Waals surface area contributed by atoms with Crippen LogP contribution >= 0.6 is 11.8 Å². The molecule has 0 aliphatic carbocycles. The third-order valence-electron chi connectivity index (χ3n) is 1.47. The van der Waals surface area contributed by atoms with Crippen molar-refractivity contribution in [3.05, 3.63) is 0 Å². The molecule has 0 aromatic rings. The van der Waals surface area contributed by atoms with Gasteiger partial charge in [0.2, 0.25) is 10.0 Å². The first-order valence-electron chi connectivity index (χ1n) is 3.17. The van der Waals surface area contributed by atoms with Crippen molar-refractivity contribution in [2.24, 2.45) is 0 Å². The maximum absolute atomic E-state index is 10.9. The Bertz CT molecular complexity index is 200. The molecule has 0 aromatic carbocycles. The molecule has 1 aliphatic heterocycles. The highest BCUT2D eigenvalue weighted by Gasteiger charge is 2.21. The quantitative estimate of drug-likeness (QED) is 0.636. The molecule has 1 saturated heterocycles. The van der Waals surface area contributed by atoms with Gasteiger partial charge >= 0.3 is 0 Å². The van der Waals surface area contributed by atoms with Gasteiger partial charge in [0.15, 0.2) is 0 Å². The molecule has 0 radical (unpaired) electrons. The Morgan fingerprint density at radius 2 is 2.30 bits per heavy atom. The Morgan fingerprint density at radius 1 is 1.60 bits per heavy atom. The lowest BCUT2D eigenvalue weighted by Crippen LogP contribution is -2.38. The smallest absolute Gasteiger partial charge is 0.212 e. The molecule has 0 unspecified atom stereocenters. The van der Waals surface area contributed by atoms with Gasteiger partial charge in [-0.25, -0.2) is 13.1 Å². The number of sulfonamides is 1. The maximum atomic E-state index is 10.9. The molecule has 1 atom stereocenters. The Balaban J connectivity index is 2.56. The Hall–Kier alpha value is 0.260. The zero-order valence-electron chi connectivity index (χ0n) is 5.83. The van der Waals surface area contributed by atoms with Crippen molar-refractivity contribution in [3.63, 3.8) is 0 Å². The molecule has 1 fully saturated rings. The summed E-state index contributed by atoms with van der Waals surface area (Å²) < 4.78 is 24.4. The van der Waals surface area contributed by atoms with Gasteiger partial charge in [0.25, 0.3) is 0 Å². The summed E-state index contributed by atoms with van der Waals surface area (Å²) in [5.74, 6) is 0.296. The van der Waals surface area contributed by atoms with Gasteiger partial charge in [-0.3, -0.25) is 0 Å². The Morgan fingerprint density at radius 3 is 2.70 bits per heavy atom. The first-order valence-corrected chi connectivity index (χ1v) is 6.11. The van der Waals surface area contributed by atoms with Gasteiger partial charge in [-0.05, 0) is 19.1 Å². The van der Waals surface area contributed by atoms with Crippen LogP contribution in [0, 0.1) is 0 Å². The fourth-order valence-electron chi connectivity index (χ4n) is 0.943. The van der Waals surface area contributed by atoms with Gasteiger partial charge in [0.1, 0.15) is 0 Å². The zero-order chi connectivity index (χ0) is 7.61. The van der Waals surface area contributed by atoms with E-state index in [0.29, 0.717) is 5.75 Å². The van der Waals surface area contributed by atoms with E-state index in [-0.39, 0.29) is 5.37 Å². The third-order valence-corrected chi connectivity index (χ3v) is 4.02. The van der Waals surface area contributed by atoms with Crippen LogP contribution in [0.2, 0.25) is 0 Å². The molecule has 0 aromatic heterocycles. The molecule has 0 bridgehead atoms. The van der Waals surface area contributed by atoms with Gasteiger partial charge in [0.05, 0.1) is 11.1 Å². The van der Waals surface area contributed by atoms with E-state index in [0.717, 1.165) is 12.8 Å². The van der Waals surface area contributed by atoms with E-state index in [2.05, 4.69) is 4.72 Å². The minimum atomic E-state index is -2.91. The van der Waals surface area contributed by atoms with E-state index in [1.54, 1.807) is 11.8 Å². The summed E-state index contributed by atoms with van der Waals surface area (Å²) in [6.07, 6.45) is 3.67. The van der Waals surface area contributed by atoms with Gasteiger partial charge < -0.3 is 0 Å². The molecule has 0 spiro atoms. The lowest BCUT2D eigenvalue weighted by atomic mass is 10.3. The molecule has 1 aliphatic rings. The van der Waals surface area contributed by atoms with Crippen molar-refractivity contribution in [2.45, 2.75) is 18.2 Å². The summed E-state index contributed by atoms with van der Waals surface area (Å²) in [7, 11) is -2.91. The number of nitrogens with one attached hydrogen (secondary N) is 1. The predicted molar refractivity (Wildman–Crippen MR) is 43.5 cm³/mol. The van der Waals surface area contributed by atoms with Crippen LogP contribution in [-0.2, 0) is 10.0 Å². The SMILES string of the molecule is CS[C@H]1CCCS(=O)(=O)N1. The molecule has 1 N–H and O–H groups in total. The second-order valence-corrected chi connectivity index (χ2v) is 5.22. The van der Waals surface area contributed by atoms with Crippen molar-refractivity contribution in [1.82, 2.24) is 4.72 Å². The normalized spacial score (nSPS) is 31.9. The van der Waals surface area contributed by atoms with Gasteiger partial charge in [0, 0.05) is 0 Å². The summed E-state index contributed by atoms with van der Waals surface area (Å²) in [5, 5.41) is 0.110. The lowest BCUT2D eigenvalue weighted by molar-refractivity contribution is 0.551. The fourth-order valence-corrected chi connectivity index (χ4v) is 3.35. The van der Waals surface area contributed by atoms with Crippen molar-refractivity contribution in [3.8, 4) is 0 Å². The van der Waals surface area contributed by atoms with Gasteiger partial charge in [-0.15, -0.1) is 11.8 Å². The average Bonchev–Trinajstić information content (AvgIpc) is 1.86. The number of thioether (sulfide) groups is 1. The standard InChI is InChI=1S/C5H11NO2S2/c1-9-5-3-2-4-10(7,8)6-5/h5-6H,2-4H2,1H3/t5-/m0/s1. The van der Waals surface area contributed by atoms with Crippen molar-refractivity contribution >= 4 is 21.8 Å². The minimum absolute atomic E-state index is 0.110. The largest absolute Gasteiger partial charge is 0.212 e. The molecule has 5 heteroatoms. The maximum Gasteiger partial charge on any atom is 0.212 e. The van der Waals surface area contributed by atoms with E-state index in [1.807, 2.05) is 6.26 Å². The number of rotatable bonds is 1. The molecule has 1 heterocycles. The van der Waals surface area contributed by atoms with E-state index in [4.69, 9.17) is 0 Å². The average molecular weight is 181 g/mol. The van der Waals surface area contributed by atoms with Crippen LogP contribution in [0.1, 0.15) is 12.8 Å². The van der Waals surface area contributed by atoms with E-state index in [1.165, 1.54) is 0 Å². The third kappa shape index (κ3) is 2.14. The molecular formula is C5H11NO2S2. The van der Waals surface area contributed by atoms with Crippen molar-refractivity contribution < 1.29 is 8.42 Å². The molecular weight excluding hydrogens is 170 g/mol. The van der Waals surface area contributed by atoms with Gasteiger partial charge in [-0.1, -0.05) is 0 Å². The first-order chi connectivity index (χ1) is 4.64. The molecule has 1 rings (SSSR count). The van der Waals surface area contributed by atoms with Crippen LogP contribution < -0.4 is 4.72 Å². The molecule has 0 saturated carbocycles. The van der Waals surface area contributed by atoms with Crippen molar-refractivity contribution in [2.75, 3.05) is 12.0 Å². The van der Waals surface area contributed by atoms with Crippen molar-refractivity contribution in [1.29, 1.82) is 0 Å². The summed E-state index contributed by atoms with van der Waals surface area (Å²) >= 11 is 1.56. The fraction of sp³-hybridized carbons (Fsp3) is 1.00. The summed E-state index contributed by atoms with van der Waals surface area (Å²) in [5.41, 5.74) is 0. The molecule has 0 amide bonds. The second-order valence-electron chi connectivity index (χ2n) is 2.30. The minimum Gasteiger partial charge on any atom is -0.212 e. The monoisotopic (exact) mass is 181 g/mol. The zero-order valence-corrected chi connectivity index (χ0v) is 7.46. The van der Waals surface area contributed by atoms with Crippen LogP contribution in [0.25, 0.3) is 0 Å². The summed E-state index contributed by atoms with van der Waals surface area (Å²) in [4.78, 5) is 0. The number of hydrogen-bond donors (Lipinski definition) is 1. The van der Waals surface area contributed by atoms with Crippen LogP contribution in [0.4, 0.5) is 0 Å². The van der Waals surface area contributed by atoms with E-state index >= 15 is 0 Å². The molecule has 3 nitrogen and oxygen atoms in total. The predicted octanol–water partition coefficient (Wildman–Crippen LogP) is 0.389. The van der Waals surface area contributed by atoms with Crippen LogP contribution in [0.15, 0.2) is 0 Å². The second kappa shape index (κ2) is 3.11. The highest BCUT2D eigenvalue weighted by Crippen LogP contribution is 2.16. The summed E-state index contributed by atoms with van der Waals surface area (Å²) in [6, 6.07) is 0. The molecule has 60 valence electrons. The Labute approximate surface area is 65.6 Å². The summed E-state index contributed by atoms with van der Waals surface area (Å²) in [6.45, 7) is 0. The van der Waals surface area contributed by atoms with E-state index < -0.39 is 10.0 Å². The van der Waals surface area contributed by atoms with Crippen LogP contribution in [-0.4, -0.2) is 25.8 Å². The first kappa shape index (κ1) is 8.36. The highest BCUT2D eigenvalue weighted by atomic mass is 32.2. The number of hydrogen-bond acceptors (Lipinski definition) is 3. The topological polar surface area (TPSA) is 46.2 Å². The van der Waals surface area contributed by atoms with Crippen LogP contribution in [0.5, 0.6) is 0 Å². The Kier molecular flexibility index (Phi) is 2.60. The molecule has 10 heavy (non-hydrogen) atoms. The van der Waals surface area contributed by atoms with Gasteiger partial charge in [-0.2, -0.15) is 0 Å². The highest BCUT2D eigenvalue weighted by molar-refractivity contribution is 8.00. The van der Waals surface area contributed by atoms with Crippen LogP contribution in [0.3, 0.4) is 0 Å².